The van der Waals surface area contributed by atoms with Gasteiger partial charge in [0.25, 0.3) is 0 Å². The first kappa shape index (κ1) is 24.3. The van der Waals surface area contributed by atoms with Crippen LogP contribution in [0.5, 0.6) is 5.75 Å². The Hall–Kier alpha value is -2.54. The minimum absolute atomic E-state index is 0.336. The van der Waals surface area contributed by atoms with E-state index in [0.717, 1.165) is 47.7 Å². The van der Waals surface area contributed by atoms with Gasteiger partial charge in [0, 0.05) is 17.9 Å². The van der Waals surface area contributed by atoms with E-state index in [2.05, 4.69) is 78.9 Å². The third kappa shape index (κ3) is 4.10. The number of para-hydroxylation sites is 1. The fourth-order valence-electron chi connectivity index (χ4n) is 10.4. The molecule has 1 nitrogen and oxygen atoms in total. The Balaban J connectivity index is 1.20. The number of rotatable bonds is 3. The van der Waals surface area contributed by atoms with Gasteiger partial charge in [0.15, 0.2) is 0 Å². The summed E-state index contributed by atoms with van der Waals surface area (Å²) in [6.45, 7) is 0. The van der Waals surface area contributed by atoms with Crippen molar-refractivity contribution in [1.82, 2.24) is 0 Å². The molecule has 0 radical (unpaired) electrons. The molecule has 8 unspecified atom stereocenters. The van der Waals surface area contributed by atoms with Crippen LogP contribution in [0.3, 0.4) is 0 Å². The summed E-state index contributed by atoms with van der Waals surface area (Å²) in [5.41, 5.74) is 6.66. The monoisotopic (exact) mass is 516 g/mol. The second kappa shape index (κ2) is 10.1. The maximum atomic E-state index is 6.53. The predicted molar refractivity (Wildman–Crippen MR) is 160 cm³/mol. The second-order valence-electron chi connectivity index (χ2n) is 13.6. The fraction of sp³-hybridized carbons (Fsp3) is 0.526. The molecule has 202 valence electrons. The Bertz CT molecular complexity index is 1280. The highest BCUT2D eigenvalue weighted by molar-refractivity contribution is 5.73. The summed E-state index contributed by atoms with van der Waals surface area (Å²) >= 11 is 0. The van der Waals surface area contributed by atoms with Crippen molar-refractivity contribution in [3.8, 4) is 5.75 Å². The number of benzene rings is 2. The number of fused-ring (bicyclic) bond motifs is 5. The zero-order valence-corrected chi connectivity index (χ0v) is 23.4. The first-order valence-corrected chi connectivity index (χ1v) is 16.2. The lowest BCUT2D eigenvalue weighted by Crippen LogP contribution is -2.45. The zero-order chi connectivity index (χ0) is 25.8. The molecule has 2 aromatic carbocycles. The molecule has 1 heteroatoms. The van der Waals surface area contributed by atoms with E-state index in [1.807, 2.05) is 5.57 Å². The standard InChI is InChI=1S/C38H44O/c1-3-12-25(13-4-1)36-29-16-7-8-17-30(29)37(26-14-5-2-6-15-26)33-24-27(22-23-31(33)36)28-19-11-21-35-38(28)32-18-9-10-20-34(32)39-35/h1,3-4,7-13,18-20,26-30,33,35,37-38H,2,5-6,14-17,21-24H2. The Morgan fingerprint density at radius 2 is 1.51 bits per heavy atom. The zero-order valence-electron chi connectivity index (χ0n) is 23.4. The van der Waals surface area contributed by atoms with Crippen molar-refractivity contribution in [2.24, 2.45) is 41.4 Å². The van der Waals surface area contributed by atoms with Crippen molar-refractivity contribution in [1.29, 1.82) is 0 Å². The summed E-state index contributed by atoms with van der Waals surface area (Å²) in [5, 5.41) is 0. The van der Waals surface area contributed by atoms with E-state index in [1.165, 1.54) is 75.3 Å². The molecule has 0 spiro atoms. The maximum absolute atomic E-state index is 6.53. The smallest absolute Gasteiger partial charge is 0.123 e. The van der Waals surface area contributed by atoms with Gasteiger partial charge in [-0.25, -0.2) is 0 Å². The third-order valence-electron chi connectivity index (χ3n) is 11.9. The van der Waals surface area contributed by atoms with E-state index < -0.39 is 0 Å². The van der Waals surface area contributed by atoms with E-state index in [0.29, 0.717) is 17.9 Å². The molecule has 1 aliphatic heterocycles. The molecule has 2 saturated carbocycles. The average Bonchev–Trinajstić information content (AvgIpc) is 3.39. The van der Waals surface area contributed by atoms with E-state index >= 15 is 0 Å². The minimum Gasteiger partial charge on any atom is -0.489 e. The van der Waals surface area contributed by atoms with Crippen LogP contribution >= 0.6 is 0 Å². The highest BCUT2D eigenvalue weighted by Gasteiger charge is 2.51. The van der Waals surface area contributed by atoms with E-state index in [4.69, 9.17) is 4.74 Å². The van der Waals surface area contributed by atoms with Crippen molar-refractivity contribution in [3.63, 3.8) is 0 Å². The molecular weight excluding hydrogens is 472 g/mol. The normalized spacial score (nSPS) is 37.4. The second-order valence-corrected chi connectivity index (χ2v) is 13.6. The summed E-state index contributed by atoms with van der Waals surface area (Å²) in [7, 11) is 0. The van der Waals surface area contributed by atoms with Gasteiger partial charge in [0.05, 0.1) is 0 Å². The lowest BCUT2D eigenvalue weighted by Gasteiger charge is -2.54. The van der Waals surface area contributed by atoms with E-state index in [-0.39, 0.29) is 0 Å². The van der Waals surface area contributed by atoms with Crippen LogP contribution in [0.25, 0.3) is 5.57 Å². The predicted octanol–water partition coefficient (Wildman–Crippen LogP) is 9.77. The van der Waals surface area contributed by atoms with Gasteiger partial charge in [-0.2, -0.15) is 0 Å². The molecule has 0 bridgehead atoms. The maximum Gasteiger partial charge on any atom is 0.123 e. The van der Waals surface area contributed by atoms with Crippen LogP contribution in [0.2, 0.25) is 0 Å². The van der Waals surface area contributed by atoms with Crippen LogP contribution in [0.4, 0.5) is 0 Å². The highest BCUT2D eigenvalue weighted by Crippen LogP contribution is 2.61. The van der Waals surface area contributed by atoms with Gasteiger partial charge in [0.2, 0.25) is 0 Å². The largest absolute Gasteiger partial charge is 0.489 e. The van der Waals surface area contributed by atoms with Crippen LogP contribution in [0, 0.1) is 41.4 Å². The van der Waals surface area contributed by atoms with Crippen molar-refractivity contribution in [2.75, 3.05) is 0 Å². The molecule has 6 aliphatic rings. The number of hydrogen-bond acceptors (Lipinski definition) is 1. The number of ether oxygens (including phenoxy) is 1. The molecule has 0 N–H and O–H groups in total. The van der Waals surface area contributed by atoms with Gasteiger partial charge >= 0.3 is 0 Å². The van der Waals surface area contributed by atoms with Gasteiger partial charge in [-0.15, -0.1) is 0 Å². The minimum atomic E-state index is 0.336. The first-order valence-electron chi connectivity index (χ1n) is 16.2. The van der Waals surface area contributed by atoms with E-state index in [9.17, 15) is 0 Å². The topological polar surface area (TPSA) is 9.23 Å². The van der Waals surface area contributed by atoms with Crippen molar-refractivity contribution in [3.05, 3.63) is 95.6 Å². The fourth-order valence-corrected chi connectivity index (χ4v) is 10.4. The van der Waals surface area contributed by atoms with Crippen LogP contribution in [-0.2, 0) is 0 Å². The Kier molecular flexibility index (Phi) is 6.31. The quantitative estimate of drug-likeness (QED) is 0.369. The van der Waals surface area contributed by atoms with Crippen LogP contribution in [0.1, 0.15) is 87.7 Å². The Morgan fingerprint density at radius 3 is 2.41 bits per heavy atom. The molecule has 8 atom stereocenters. The number of hydrogen-bond donors (Lipinski definition) is 0. The molecule has 0 aromatic heterocycles. The highest BCUT2D eigenvalue weighted by atomic mass is 16.5. The first-order chi connectivity index (χ1) is 19.4. The summed E-state index contributed by atoms with van der Waals surface area (Å²) < 4.78 is 6.53. The molecule has 2 aromatic rings. The lowest BCUT2D eigenvalue weighted by atomic mass is 9.51. The summed E-state index contributed by atoms with van der Waals surface area (Å²) in [6, 6.07) is 20.5. The Morgan fingerprint density at radius 1 is 0.692 bits per heavy atom. The third-order valence-corrected chi connectivity index (χ3v) is 11.9. The van der Waals surface area contributed by atoms with Gasteiger partial charge < -0.3 is 4.74 Å². The molecule has 2 fully saturated rings. The van der Waals surface area contributed by atoms with Crippen LogP contribution < -0.4 is 4.74 Å². The molecule has 0 amide bonds. The summed E-state index contributed by atoms with van der Waals surface area (Å²) in [4.78, 5) is 0. The molecule has 39 heavy (non-hydrogen) atoms. The van der Waals surface area contributed by atoms with Crippen molar-refractivity contribution < 1.29 is 4.74 Å². The number of allylic oxidation sites excluding steroid dienone is 5. The molecule has 1 heterocycles. The summed E-state index contributed by atoms with van der Waals surface area (Å²) in [5.74, 6) is 7.19. The van der Waals surface area contributed by atoms with Gasteiger partial charge in [-0.1, -0.05) is 111 Å². The van der Waals surface area contributed by atoms with Gasteiger partial charge in [0.1, 0.15) is 11.9 Å². The average molecular weight is 517 g/mol. The van der Waals surface area contributed by atoms with Crippen LogP contribution in [0.15, 0.2) is 84.5 Å². The van der Waals surface area contributed by atoms with Crippen molar-refractivity contribution >= 4 is 5.57 Å². The SMILES string of the molecule is C1=CC(C2CCC3=C(c4ccccc4)C4CC=CCC4C(C4CCCCC4)C3C2)C2c3ccccc3OC2C1. The summed E-state index contributed by atoms with van der Waals surface area (Å²) in [6.07, 6.45) is 25.4. The van der Waals surface area contributed by atoms with E-state index in [1.54, 1.807) is 5.57 Å². The molecule has 5 aliphatic carbocycles. The van der Waals surface area contributed by atoms with Crippen LogP contribution in [-0.4, -0.2) is 6.10 Å². The lowest BCUT2D eigenvalue weighted by molar-refractivity contribution is 0.0549. The molecular formula is C38H44O. The van der Waals surface area contributed by atoms with Gasteiger partial charge in [-0.05, 0) is 90.7 Å². The molecule has 8 rings (SSSR count). The Labute approximate surface area is 235 Å². The van der Waals surface area contributed by atoms with Gasteiger partial charge in [-0.3, -0.25) is 0 Å². The van der Waals surface area contributed by atoms with Crippen molar-refractivity contribution in [2.45, 2.75) is 82.7 Å². The molecule has 0 saturated heterocycles.